The molecule has 0 aromatic heterocycles. The lowest BCUT2D eigenvalue weighted by atomic mass is 10.2. The minimum absolute atomic E-state index is 0.0633. The van der Waals surface area contributed by atoms with E-state index in [2.05, 4.69) is 5.32 Å². The molecule has 0 spiro atoms. The highest BCUT2D eigenvalue weighted by molar-refractivity contribution is 6.42. The van der Waals surface area contributed by atoms with Crippen LogP contribution < -0.4 is 5.32 Å². The summed E-state index contributed by atoms with van der Waals surface area (Å²) < 4.78 is 0. The molecule has 1 aliphatic carbocycles. The Labute approximate surface area is 135 Å². The number of halogens is 2. The Morgan fingerprint density at radius 1 is 1.33 bits per heavy atom. The smallest absolute Gasteiger partial charge is 0.317 e. The lowest BCUT2D eigenvalue weighted by Gasteiger charge is -2.23. The fraction of sp³-hybridized carbons (Fsp3) is 0.533. The van der Waals surface area contributed by atoms with Crippen molar-refractivity contribution >= 4 is 29.2 Å². The van der Waals surface area contributed by atoms with Crippen LogP contribution in [0.15, 0.2) is 18.2 Å². The van der Waals surface area contributed by atoms with E-state index in [1.807, 2.05) is 6.07 Å². The van der Waals surface area contributed by atoms with Crippen LogP contribution in [-0.2, 0) is 6.54 Å². The average molecular weight is 331 g/mol. The largest absolute Gasteiger partial charge is 0.396 e. The summed E-state index contributed by atoms with van der Waals surface area (Å²) in [5.41, 5.74) is 0.920. The van der Waals surface area contributed by atoms with E-state index >= 15 is 0 Å². The molecule has 6 heteroatoms. The summed E-state index contributed by atoms with van der Waals surface area (Å²) in [6.07, 6.45) is 2.95. The Morgan fingerprint density at radius 2 is 2.10 bits per heavy atom. The second kappa shape index (κ2) is 7.87. The molecule has 1 aliphatic rings. The van der Waals surface area contributed by atoms with Crippen LogP contribution in [0.25, 0.3) is 0 Å². The van der Waals surface area contributed by atoms with Gasteiger partial charge in [0.2, 0.25) is 0 Å². The molecule has 0 bridgehead atoms. The number of hydrogen-bond acceptors (Lipinski definition) is 2. The van der Waals surface area contributed by atoms with Gasteiger partial charge in [-0.2, -0.15) is 0 Å². The Hall–Kier alpha value is -0.970. The van der Waals surface area contributed by atoms with Crippen molar-refractivity contribution in [2.75, 3.05) is 19.7 Å². The number of aliphatic hydroxyl groups excluding tert-OH is 1. The quantitative estimate of drug-likeness (QED) is 0.805. The number of benzene rings is 1. The number of carbonyl (C=O) groups excluding carboxylic acids is 1. The molecule has 2 N–H and O–H groups in total. The van der Waals surface area contributed by atoms with E-state index in [1.54, 1.807) is 17.0 Å². The second-order valence-electron chi connectivity index (χ2n) is 5.38. The molecule has 1 aromatic rings. The summed E-state index contributed by atoms with van der Waals surface area (Å²) >= 11 is 11.9. The van der Waals surface area contributed by atoms with Crippen molar-refractivity contribution in [1.29, 1.82) is 0 Å². The van der Waals surface area contributed by atoms with Gasteiger partial charge in [0, 0.05) is 26.2 Å². The topological polar surface area (TPSA) is 52.6 Å². The third kappa shape index (κ3) is 5.38. The van der Waals surface area contributed by atoms with Crippen LogP contribution in [0, 0.1) is 5.92 Å². The SMILES string of the molecule is O=C(NCC1CC1)N(CCCO)Cc1ccc(Cl)c(Cl)c1. The average Bonchev–Trinajstić information content (AvgIpc) is 3.29. The summed E-state index contributed by atoms with van der Waals surface area (Å²) in [6, 6.07) is 5.26. The molecular weight excluding hydrogens is 311 g/mol. The predicted octanol–water partition coefficient (Wildman–Crippen LogP) is 3.30. The van der Waals surface area contributed by atoms with Gasteiger partial charge in [0.25, 0.3) is 0 Å². The zero-order valence-electron chi connectivity index (χ0n) is 11.8. The van der Waals surface area contributed by atoms with Crippen LogP contribution in [0.1, 0.15) is 24.8 Å². The number of nitrogens with one attached hydrogen (secondary N) is 1. The number of amides is 2. The fourth-order valence-electron chi connectivity index (χ4n) is 2.04. The molecular formula is C15H20Cl2N2O2. The molecule has 0 aliphatic heterocycles. The predicted molar refractivity (Wildman–Crippen MR) is 84.7 cm³/mol. The number of nitrogens with zero attached hydrogens (tertiary/aromatic N) is 1. The van der Waals surface area contributed by atoms with Crippen molar-refractivity contribution in [3.05, 3.63) is 33.8 Å². The van der Waals surface area contributed by atoms with Gasteiger partial charge in [0.05, 0.1) is 10.0 Å². The van der Waals surface area contributed by atoms with E-state index in [4.69, 9.17) is 28.3 Å². The van der Waals surface area contributed by atoms with Crippen LogP contribution in [0.5, 0.6) is 0 Å². The fourth-order valence-corrected chi connectivity index (χ4v) is 2.36. The Morgan fingerprint density at radius 3 is 2.71 bits per heavy atom. The van der Waals surface area contributed by atoms with Crippen molar-refractivity contribution in [1.82, 2.24) is 10.2 Å². The Bertz CT molecular complexity index is 493. The van der Waals surface area contributed by atoms with E-state index < -0.39 is 0 Å². The first-order valence-electron chi connectivity index (χ1n) is 7.17. The lowest BCUT2D eigenvalue weighted by molar-refractivity contribution is 0.186. The zero-order chi connectivity index (χ0) is 15.2. The molecule has 0 atom stereocenters. The first kappa shape index (κ1) is 16.4. The standard InChI is InChI=1S/C15H20Cl2N2O2/c16-13-5-4-12(8-14(13)17)10-19(6-1-7-20)15(21)18-9-11-2-3-11/h4-5,8,11,20H,1-3,6-7,9-10H2,(H,18,21). The number of carbonyl (C=O) groups is 1. The van der Waals surface area contributed by atoms with Gasteiger partial charge in [0.15, 0.2) is 0 Å². The van der Waals surface area contributed by atoms with Crippen molar-refractivity contribution in [3.63, 3.8) is 0 Å². The highest BCUT2D eigenvalue weighted by Crippen LogP contribution is 2.27. The maximum Gasteiger partial charge on any atom is 0.317 e. The summed E-state index contributed by atoms with van der Waals surface area (Å²) in [6.45, 7) is 1.75. The number of aliphatic hydroxyl groups is 1. The minimum Gasteiger partial charge on any atom is -0.396 e. The van der Waals surface area contributed by atoms with Gasteiger partial charge in [0.1, 0.15) is 0 Å². The molecule has 0 radical (unpaired) electrons. The van der Waals surface area contributed by atoms with E-state index in [0.717, 1.165) is 12.1 Å². The first-order chi connectivity index (χ1) is 10.1. The second-order valence-corrected chi connectivity index (χ2v) is 6.19. The molecule has 0 unspecified atom stereocenters. The van der Waals surface area contributed by atoms with Gasteiger partial charge in [-0.1, -0.05) is 29.3 Å². The molecule has 116 valence electrons. The Kier molecular flexibility index (Phi) is 6.15. The molecule has 21 heavy (non-hydrogen) atoms. The molecule has 2 amide bonds. The molecule has 0 saturated heterocycles. The van der Waals surface area contributed by atoms with Crippen LogP contribution in [0.4, 0.5) is 4.79 Å². The molecule has 0 heterocycles. The van der Waals surface area contributed by atoms with E-state index in [0.29, 0.717) is 35.5 Å². The van der Waals surface area contributed by atoms with E-state index in [1.165, 1.54) is 12.8 Å². The highest BCUT2D eigenvalue weighted by atomic mass is 35.5. The number of urea groups is 1. The number of rotatable bonds is 7. The first-order valence-corrected chi connectivity index (χ1v) is 7.93. The highest BCUT2D eigenvalue weighted by Gasteiger charge is 2.23. The van der Waals surface area contributed by atoms with Crippen molar-refractivity contribution < 1.29 is 9.90 Å². The normalized spacial score (nSPS) is 14.0. The maximum atomic E-state index is 12.2. The van der Waals surface area contributed by atoms with Gasteiger partial charge in [-0.3, -0.25) is 0 Å². The third-order valence-electron chi connectivity index (χ3n) is 3.47. The van der Waals surface area contributed by atoms with Crippen LogP contribution in [-0.4, -0.2) is 35.7 Å². The molecule has 4 nitrogen and oxygen atoms in total. The van der Waals surface area contributed by atoms with Gasteiger partial charge in [-0.15, -0.1) is 0 Å². The monoisotopic (exact) mass is 330 g/mol. The Balaban J connectivity index is 1.96. The van der Waals surface area contributed by atoms with Gasteiger partial charge in [-0.05, 0) is 42.9 Å². The van der Waals surface area contributed by atoms with Gasteiger partial charge < -0.3 is 15.3 Å². The summed E-state index contributed by atoms with van der Waals surface area (Å²) in [5.74, 6) is 0.638. The molecule has 2 rings (SSSR count). The summed E-state index contributed by atoms with van der Waals surface area (Å²) in [7, 11) is 0. The van der Waals surface area contributed by atoms with Crippen molar-refractivity contribution in [2.45, 2.75) is 25.8 Å². The third-order valence-corrected chi connectivity index (χ3v) is 4.21. The summed E-state index contributed by atoms with van der Waals surface area (Å²) in [5, 5.41) is 12.9. The van der Waals surface area contributed by atoms with Gasteiger partial charge in [-0.25, -0.2) is 4.79 Å². The van der Waals surface area contributed by atoms with Crippen LogP contribution >= 0.6 is 23.2 Å². The van der Waals surface area contributed by atoms with E-state index in [-0.39, 0.29) is 12.6 Å². The van der Waals surface area contributed by atoms with Crippen molar-refractivity contribution in [3.8, 4) is 0 Å². The number of hydrogen-bond donors (Lipinski definition) is 2. The zero-order valence-corrected chi connectivity index (χ0v) is 13.3. The van der Waals surface area contributed by atoms with Crippen LogP contribution in [0.2, 0.25) is 10.0 Å². The van der Waals surface area contributed by atoms with Crippen molar-refractivity contribution in [2.24, 2.45) is 5.92 Å². The maximum absolute atomic E-state index is 12.2. The molecule has 1 saturated carbocycles. The molecule has 1 aromatic carbocycles. The van der Waals surface area contributed by atoms with E-state index in [9.17, 15) is 4.79 Å². The molecule has 1 fully saturated rings. The lowest BCUT2D eigenvalue weighted by Crippen LogP contribution is -2.41. The van der Waals surface area contributed by atoms with Crippen LogP contribution in [0.3, 0.4) is 0 Å². The summed E-state index contributed by atoms with van der Waals surface area (Å²) in [4.78, 5) is 13.9. The minimum atomic E-state index is -0.0959. The van der Waals surface area contributed by atoms with Gasteiger partial charge >= 0.3 is 6.03 Å².